The molecule has 11 heteroatoms. The number of nitrogen functional groups attached to an aromatic ring is 1. The maximum absolute atomic E-state index is 12.9. The van der Waals surface area contributed by atoms with E-state index in [2.05, 4.69) is 37.8 Å². The van der Waals surface area contributed by atoms with Gasteiger partial charge in [-0.15, -0.1) is 20.4 Å². The molecule has 1 amide bonds. The summed E-state index contributed by atoms with van der Waals surface area (Å²) >= 11 is 2.80. The van der Waals surface area contributed by atoms with Crippen LogP contribution in [0, 0.1) is 0 Å². The van der Waals surface area contributed by atoms with Crippen molar-refractivity contribution in [2.75, 3.05) is 23.9 Å². The molecule has 0 aliphatic heterocycles. The Kier molecular flexibility index (Phi) is 7.55. The van der Waals surface area contributed by atoms with Gasteiger partial charge >= 0.3 is 0 Å². The van der Waals surface area contributed by atoms with Gasteiger partial charge in [0.15, 0.2) is 5.16 Å². The number of amides is 1. The molecule has 1 unspecified atom stereocenters. The molecular formula is C18H23N7O2S2. The minimum Gasteiger partial charge on any atom is -0.377 e. The van der Waals surface area contributed by atoms with Crippen molar-refractivity contribution in [2.45, 2.75) is 37.6 Å². The molecule has 3 rings (SSSR count). The van der Waals surface area contributed by atoms with Gasteiger partial charge < -0.3 is 10.5 Å². The molecule has 0 spiro atoms. The lowest BCUT2D eigenvalue weighted by atomic mass is 10.2. The van der Waals surface area contributed by atoms with Crippen LogP contribution in [0.2, 0.25) is 0 Å². The van der Waals surface area contributed by atoms with Crippen LogP contribution in [0.1, 0.15) is 30.0 Å². The number of carbonyl (C=O) groups excluding carboxylic acids is 1. The summed E-state index contributed by atoms with van der Waals surface area (Å²) in [6, 6.07) is 9.66. The van der Waals surface area contributed by atoms with Crippen molar-refractivity contribution in [2.24, 2.45) is 0 Å². The van der Waals surface area contributed by atoms with E-state index in [-0.39, 0.29) is 11.9 Å². The van der Waals surface area contributed by atoms with Crippen LogP contribution in [0.3, 0.4) is 0 Å². The fourth-order valence-electron chi connectivity index (χ4n) is 2.74. The van der Waals surface area contributed by atoms with Gasteiger partial charge in [0.05, 0.1) is 0 Å². The van der Waals surface area contributed by atoms with E-state index < -0.39 is 6.04 Å². The van der Waals surface area contributed by atoms with Crippen molar-refractivity contribution in [3.05, 3.63) is 40.9 Å². The second-order valence-electron chi connectivity index (χ2n) is 6.14. The molecule has 0 radical (unpaired) electrons. The van der Waals surface area contributed by atoms with Crippen molar-refractivity contribution in [3.8, 4) is 0 Å². The number of anilines is 2. The third-order valence-electron chi connectivity index (χ3n) is 4.12. The highest BCUT2D eigenvalue weighted by molar-refractivity contribution is 7.99. The van der Waals surface area contributed by atoms with E-state index in [1.165, 1.54) is 28.7 Å². The Morgan fingerprint density at radius 1 is 1.28 bits per heavy atom. The summed E-state index contributed by atoms with van der Waals surface area (Å²) in [6.07, 6.45) is 1.42. The van der Waals surface area contributed by atoms with Crippen molar-refractivity contribution < 1.29 is 9.53 Å². The highest BCUT2D eigenvalue weighted by Gasteiger charge is 2.25. The largest absolute Gasteiger partial charge is 0.377 e. The molecule has 2 aromatic heterocycles. The number of aromatic nitrogens is 5. The quantitative estimate of drug-likeness (QED) is 0.468. The summed E-state index contributed by atoms with van der Waals surface area (Å²) in [4.78, 5) is 12.9. The van der Waals surface area contributed by atoms with Crippen LogP contribution < -0.4 is 11.1 Å². The van der Waals surface area contributed by atoms with E-state index in [4.69, 9.17) is 10.5 Å². The van der Waals surface area contributed by atoms with Crippen LogP contribution in [-0.4, -0.2) is 43.7 Å². The Balaban J connectivity index is 1.67. The minimum absolute atomic E-state index is 0.214. The number of nitrogens with zero attached hydrogens (tertiary/aromatic N) is 5. The molecule has 154 valence electrons. The number of benzene rings is 1. The summed E-state index contributed by atoms with van der Waals surface area (Å²) < 4.78 is 6.71. The van der Waals surface area contributed by atoms with Crippen molar-refractivity contribution in [3.63, 3.8) is 0 Å². The first-order chi connectivity index (χ1) is 14.1. The smallest absolute Gasteiger partial charge is 0.249 e. The topological polar surface area (TPSA) is 121 Å². The number of nitrogens with one attached hydrogen (secondary N) is 1. The maximum atomic E-state index is 12.9. The molecule has 0 aliphatic carbocycles. The molecular weight excluding hydrogens is 410 g/mol. The standard InChI is InChI=1S/C18H23N7O2S2/c1-3-13(15(26)20-17-23-21-14(29-17)11-27-2)25-16(19)22-24-18(25)28-10-9-12-7-5-4-6-8-12/h4-8,13H,3,9-11H2,1-2H3,(H2,19,22)(H,20,23,26). The average molecular weight is 434 g/mol. The van der Waals surface area contributed by atoms with Crippen LogP contribution in [0.15, 0.2) is 35.5 Å². The van der Waals surface area contributed by atoms with Gasteiger partial charge in [0.2, 0.25) is 17.0 Å². The lowest BCUT2D eigenvalue weighted by Gasteiger charge is -2.18. The van der Waals surface area contributed by atoms with Gasteiger partial charge in [-0.2, -0.15) is 0 Å². The van der Waals surface area contributed by atoms with Gasteiger partial charge in [0.25, 0.3) is 0 Å². The van der Waals surface area contributed by atoms with Gasteiger partial charge in [0.1, 0.15) is 17.7 Å². The van der Waals surface area contributed by atoms with Gasteiger partial charge in [0, 0.05) is 12.9 Å². The Hall–Kier alpha value is -2.50. The Morgan fingerprint density at radius 2 is 2.07 bits per heavy atom. The van der Waals surface area contributed by atoms with E-state index in [1.807, 2.05) is 25.1 Å². The highest BCUT2D eigenvalue weighted by atomic mass is 32.2. The predicted octanol–water partition coefficient (Wildman–Crippen LogP) is 2.78. The fourth-order valence-corrected chi connectivity index (χ4v) is 4.44. The van der Waals surface area contributed by atoms with E-state index in [0.717, 1.165) is 12.2 Å². The van der Waals surface area contributed by atoms with Gasteiger partial charge in [-0.3, -0.25) is 14.7 Å². The normalized spacial score (nSPS) is 12.1. The minimum atomic E-state index is -0.543. The molecule has 2 heterocycles. The molecule has 0 bridgehead atoms. The number of aryl methyl sites for hydroxylation is 1. The first-order valence-corrected chi connectivity index (χ1v) is 10.9. The molecule has 0 aliphatic rings. The summed E-state index contributed by atoms with van der Waals surface area (Å²) in [5, 5.41) is 20.6. The third-order valence-corrected chi connectivity index (χ3v) is 5.88. The number of hydrogen-bond donors (Lipinski definition) is 2. The molecule has 3 N–H and O–H groups in total. The lowest BCUT2D eigenvalue weighted by molar-refractivity contribution is -0.119. The monoisotopic (exact) mass is 433 g/mol. The SMILES string of the molecule is CCC(C(=O)Nc1nnc(COC)s1)n1c(N)nnc1SCCc1ccccc1. The molecule has 0 saturated carbocycles. The fraction of sp³-hybridized carbons (Fsp3) is 0.389. The van der Waals surface area contributed by atoms with Crippen LogP contribution in [-0.2, 0) is 22.6 Å². The maximum Gasteiger partial charge on any atom is 0.249 e. The van der Waals surface area contributed by atoms with Crippen molar-refractivity contribution in [1.82, 2.24) is 25.0 Å². The number of methoxy groups -OCH3 is 1. The Morgan fingerprint density at radius 3 is 2.79 bits per heavy atom. The van der Waals surface area contributed by atoms with Crippen LogP contribution >= 0.6 is 23.1 Å². The number of ether oxygens (including phenoxy) is 1. The lowest BCUT2D eigenvalue weighted by Crippen LogP contribution is -2.27. The second kappa shape index (κ2) is 10.3. The second-order valence-corrected chi connectivity index (χ2v) is 8.27. The summed E-state index contributed by atoms with van der Waals surface area (Å²) in [6.45, 7) is 2.27. The zero-order valence-corrected chi connectivity index (χ0v) is 17.9. The van der Waals surface area contributed by atoms with Crippen molar-refractivity contribution in [1.29, 1.82) is 0 Å². The molecule has 29 heavy (non-hydrogen) atoms. The molecule has 0 saturated heterocycles. The average Bonchev–Trinajstić information content (AvgIpc) is 3.31. The van der Waals surface area contributed by atoms with Gasteiger partial charge in [-0.1, -0.05) is 60.4 Å². The van der Waals surface area contributed by atoms with Gasteiger partial charge in [-0.05, 0) is 18.4 Å². The van der Waals surface area contributed by atoms with Crippen LogP contribution in [0.5, 0.6) is 0 Å². The Bertz CT molecular complexity index is 929. The molecule has 1 aromatic carbocycles. The predicted molar refractivity (Wildman–Crippen MR) is 114 cm³/mol. The van der Waals surface area contributed by atoms with Crippen LogP contribution in [0.4, 0.5) is 11.1 Å². The summed E-state index contributed by atoms with van der Waals surface area (Å²) in [5.41, 5.74) is 7.27. The zero-order chi connectivity index (χ0) is 20.6. The van der Waals surface area contributed by atoms with E-state index in [0.29, 0.717) is 28.3 Å². The van der Waals surface area contributed by atoms with Crippen LogP contribution in [0.25, 0.3) is 0 Å². The number of rotatable bonds is 10. The number of nitrogens with two attached hydrogens (primary N) is 1. The number of hydrogen-bond acceptors (Lipinski definition) is 9. The molecule has 0 fully saturated rings. The molecule has 3 aromatic rings. The van der Waals surface area contributed by atoms with E-state index in [9.17, 15) is 4.79 Å². The number of thioether (sulfide) groups is 1. The summed E-state index contributed by atoms with van der Waals surface area (Å²) in [7, 11) is 1.58. The summed E-state index contributed by atoms with van der Waals surface area (Å²) in [5.74, 6) is 0.785. The highest BCUT2D eigenvalue weighted by Crippen LogP contribution is 2.27. The van der Waals surface area contributed by atoms with E-state index >= 15 is 0 Å². The molecule has 1 atom stereocenters. The zero-order valence-electron chi connectivity index (χ0n) is 16.2. The van der Waals surface area contributed by atoms with E-state index in [1.54, 1.807) is 11.7 Å². The van der Waals surface area contributed by atoms with Crippen molar-refractivity contribution >= 4 is 40.1 Å². The Labute approximate surface area is 177 Å². The van der Waals surface area contributed by atoms with Gasteiger partial charge in [-0.25, -0.2) is 0 Å². The first kappa shape index (κ1) is 21.2. The number of carbonyl (C=O) groups is 1. The first-order valence-electron chi connectivity index (χ1n) is 9.11. The third kappa shape index (κ3) is 5.52. The molecule has 9 nitrogen and oxygen atoms in total.